The summed E-state index contributed by atoms with van der Waals surface area (Å²) in [7, 11) is 0. The van der Waals surface area contributed by atoms with Crippen molar-refractivity contribution in [1.82, 2.24) is 20.6 Å². The summed E-state index contributed by atoms with van der Waals surface area (Å²) >= 11 is 0. The molecular formula is C26H19N5O4. The van der Waals surface area contributed by atoms with Gasteiger partial charge in [-0.15, -0.1) is 10.2 Å². The number of tetrazole rings is 1. The van der Waals surface area contributed by atoms with Crippen molar-refractivity contribution < 1.29 is 13.9 Å². The van der Waals surface area contributed by atoms with E-state index in [1.54, 1.807) is 48.7 Å². The van der Waals surface area contributed by atoms with Gasteiger partial charge in [0.05, 0.1) is 17.3 Å². The standard InChI is InChI=1S/C26H19N5O4/c32-22-16-23(25-28-30-31-29-25)35-24-20(22)9-4-10-21(24)27-26(33)18-11-13-19(14-12-18)34-15-5-8-17-6-2-1-3-7-17/h1-7,9-16H,8H2,(H,27,33)(H,28,29,30,31). The summed E-state index contributed by atoms with van der Waals surface area (Å²) < 4.78 is 11.5. The average Bonchev–Trinajstić information content (AvgIpc) is 3.43. The third kappa shape index (κ3) is 4.98. The Morgan fingerprint density at radius 1 is 1.03 bits per heavy atom. The molecule has 2 N–H and O–H groups in total. The fraction of sp³-hybridized carbons (Fsp3) is 0.0385. The van der Waals surface area contributed by atoms with Gasteiger partial charge >= 0.3 is 0 Å². The van der Waals surface area contributed by atoms with E-state index in [9.17, 15) is 9.59 Å². The maximum absolute atomic E-state index is 12.9. The number of fused-ring (bicyclic) bond motifs is 1. The predicted octanol–water partition coefficient (Wildman–Crippen LogP) is 4.36. The SMILES string of the molecule is O=C(Nc1cccc2c(=O)cc(-c3nn[nH]n3)oc12)c1ccc(OC=CCc2ccccc2)cc1. The number of benzene rings is 3. The van der Waals surface area contributed by atoms with Gasteiger partial charge in [0.2, 0.25) is 5.82 Å². The van der Waals surface area contributed by atoms with Crippen LogP contribution < -0.4 is 15.5 Å². The molecule has 9 nitrogen and oxygen atoms in total. The third-order valence-electron chi connectivity index (χ3n) is 5.18. The minimum Gasteiger partial charge on any atom is -0.465 e. The lowest BCUT2D eigenvalue weighted by Gasteiger charge is -2.09. The molecule has 172 valence electrons. The Bertz CT molecular complexity index is 1540. The number of allylic oxidation sites excluding steroid dienone is 1. The molecule has 9 heteroatoms. The van der Waals surface area contributed by atoms with E-state index in [0.717, 1.165) is 6.42 Å². The Hall–Kier alpha value is -5.05. The second-order valence-electron chi connectivity index (χ2n) is 7.55. The Morgan fingerprint density at radius 2 is 1.86 bits per heavy atom. The van der Waals surface area contributed by atoms with E-state index in [1.165, 1.54) is 11.6 Å². The van der Waals surface area contributed by atoms with Crippen molar-refractivity contribution in [2.45, 2.75) is 6.42 Å². The van der Waals surface area contributed by atoms with Crippen molar-refractivity contribution in [1.29, 1.82) is 0 Å². The molecule has 0 saturated heterocycles. The van der Waals surface area contributed by atoms with E-state index in [1.807, 2.05) is 36.4 Å². The van der Waals surface area contributed by atoms with Crippen molar-refractivity contribution in [3.05, 3.63) is 113 Å². The zero-order chi connectivity index (χ0) is 24.0. The molecule has 0 aliphatic rings. The third-order valence-corrected chi connectivity index (χ3v) is 5.18. The maximum atomic E-state index is 12.9. The van der Waals surface area contributed by atoms with E-state index in [2.05, 4.69) is 25.9 Å². The molecule has 0 atom stereocenters. The lowest BCUT2D eigenvalue weighted by atomic mass is 10.1. The fourth-order valence-electron chi connectivity index (χ4n) is 3.46. The second kappa shape index (κ2) is 9.84. The van der Waals surface area contributed by atoms with Crippen molar-refractivity contribution in [2.75, 3.05) is 5.32 Å². The summed E-state index contributed by atoms with van der Waals surface area (Å²) in [5, 5.41) is 16.6. The molecule has 0 fully saturated rings. The molecular weight excluding hydrogens is 446 g/mol. The topological polar surface area (TPSA) is 123 Å². The first-order chi connectivity index (χ1) is 17.2. The number of carbonyl (C=O) groups is 1. The second-order valence-corrected chi connectivity index (χ2v) is 7.55. The molecule has 0 aliphatic heterocycles. The van der Waals surface area contributed by atoms with Gasteiger partial charge in [-0.05, 0) is 59.7 Å². The van der Waals surface area contributed by atoms with E-state index in [4.69, 9.17) is 9.15 Å². The van der Waals surface area contributed by atoms with Crippen molar-refractivity contribution >= 4 is 22.6 Å². The summed E-state index contributed by atoms with van der Waals surface area (Å²) in [5.41, 5.74) is 1.88. The molecule has 0 aliphatic carbocycles. The molecule has 35 heavy (non-hydrogen) atoms. The minimum absolute atomic E-state index is 0.138. The van der Waals surface area contributed by atoms with Gasteiger partial charge in [-0.25, -0.2) is 0 Å². The number of amides is 1. The van der Waals surface area contributed by atoms with Crippen molar-refractivity contribution in [2.24, 2.45) is 0 Å². The van der Waals surface area contributed by atoms with Crippen LogP contribution in [-0.4, -0.2) is 26.5 Å². The van der Waals surface area contributed by atoms with Crippen LogP contribution >= 0.6 is 0 Å². The van der Waals surface area contributed by atoms with Crippen LogP contribution in [-0.2, 0) is 6.42 Å². The van der Waals surface area contributed by atoms with E-state index < -0.39 is 0 Å². The minimum atomic E-state index is -0.365. The number of nitrogens with zero attached hydrogens (tertiary/aromatic N) is 3. The molecule has 3 aromatic carbocycles. The van der Waals surface area contributed by atoms with Gasteiger partial charge in [0, 0.05) is 11.6 Å². The number of aromatic nitrogens is 4. The van der Waals surface area contributed by atoms with E-state index >= 15 is 0 Å². The number of ether oxygens (including phenoxy) is 1. The van der Waals surface area contributed by atoms with Crippen LogP contribution in [0.4, 0.5) is 5.69 Å². The number of rotatable bonds is 7. The molecule has 5 aromatic rings. The zero-order valence-electron chi connectivity index (χ0n) is 18.3. The normalized spacial score (nSPS) is 11.1. The first-order valence-electron chi connectivity index (χ1n) is 10.7. The van der Waals surface area contributed by atoms with E-state index in [-0.39, 0.29) is 28.5 Å². The van der Waals surface area contributed by atoms with Crippen LogP contribution in [0, 0.1) is 0 Å². The Kier molecular flexibility index (Phi) is 6.12. The lowest BCUT2D eigenvalue weighted by molar-refractivity contribution is 0.102. The summed E-state index contributed by atoms with van der Waals surface area (Å²) in [6.07, 6.45) is 4.31. The van der Waals surface area contributed by atoms with E-state index in [0.29, 0.717) is 22.4 Å². The number of hydrogen-bond acceptors (Lipinski definition) is 7. The highest BCUT2D eigenvalue weighted by molar-refractivity contribution is 6.08. The van der Waals surface area contributed by atoms with Gasteiger partial charge in [0.1, 0.15) is 5.75 Å². The highest BCUT2D eigenvalue weighted by Crippen LogP contribution is 2.26. The van der Waals surface area contributed by atoms with Gasteiger partial charge in [-0.3, -0.25) is 9.59 Å². The molecule has 0 bridgehead atoms. The van der Waals surface area contributed by atoms with Gasteiger partial charge in [0.25, 0.3) is 5.91 Å². The number of aromatic amines is 1. The number of nitrogens with one attached hydrogen (secondary N) is 2. The first-order valence-corrected chi connectivity index (χ1v) is 10.7. The molecule has 0 radical (unpaired) electrons. The molecule has 0 unspecified atom stereocenters. The largest absolute Gasteiger partial charge is 0.465 e. The lowest BCUT2D eigenvalue weighted by Crippen LogP contribution is -2.13. The molecule has 0 spiro atoms. The Balaban J connectivity index is 1.29. The molecule has 5 rings (SSSR count). The van der Waals surface area contributed by atoms with Crippen molar-refractivity contribution in [3.8, 4) is 17.3 Å². The number of hydrogen-bond donors (Lipinski definition) is 2. The summed E-state index contributed by atoms with van der Waals surface area (Å²) in [6, 6.07) is 23.0. The number of para-hydroxylation sites is 1. The summed E-state index contributed by atoms with van der Waals surface area (Å²) in [4.78, 5) is 25.4. The maximum Gasteiger partial charge on any atom is 0.255 e. The van der Waals surface area contributed by atoms with Crippen LogP contribution in [0.2, 0.25) is 0 Å². The molecule has 1 amide bonds. The van der Waals surface area contributed by atoms with Gasteiger partial charge in [0.15, 0.2) is 16.8 Å². The molecule has 2 aromatic heterocycles. The molecule has 0 saturated carbocycles. The molecule has 2 heterocycles. The highest BCUT2D eigenvalue weighted by atomic mass is 16.5. The summed E-state index contributed by atoms with van der Waals surface area (Å²) in [6.45, 7) is 0. The summed E-state index contributed by atoms with van der Waals surface area (Å²) in [5.74, 6) is 0.515. The Labute approximate surface area is 199 Å². The fourth-order valence-corrected chi connectivity index (χ4v) is 3.46. The number of H-pyrrole nitrogens is 1. The van der Waals surface area contributed by atoms with Crippen molar-refractivity contribution in [3.63, 3.8) is 0 Å². The van der Waals surface area contributed by atoms with Gasteiger partial charge in [-0.1, -0.05) is 36.4 Å². The Morgan fingerprint density at radius 3 is 2.63 bits per heavy atom. The van der Waals surface area contributed by atoms with Crippen LogP contribution in [0.1, 0.15) is 15.9 Å². The van der Waals surface area contributed by atoms with Crippen LogP contribution in [0.15, 0.2) is 100 Å². The van der Waals surface area contributed by atoms with Crippen LogP contribution in [0.5, 0.6) is 5.75 Å². The van der Waals surface area contributed by atoms with Gasteiger partial charge in [-0.2, -0.15) is 5.21 Å². The number of anilines is 1. The quantitative estimate of drug-likeness (QED) is 0.342. The predicted molar refractivity (Wildman–Crippen MR) is 130 cm³/mol. The van der Waals surface area contributed by atoms with Crippen LogP contribution in [0.3, 0.4) is 0 Å². The highest BCUT2D eigenvalue weighted by Gasteiger charge is 2.15. The van der Waals surface area contributed by atoms with Gasteiger partial charge < -0.3 is 14.5 Å². The first kappa shape index (κ1) is 21.8. The zero-order valence-corrected chi connectivity index (χ0v) is 18.3. The monoisotopic (exact) mass is 465 g/mol. The smallest absolute Gasteiger partial charge is 0.255 e. The average molecular weight is 465 g/mol. The number of carbonyl (C=O) groups excluding carboxylic acids is 1. The van der Waals surface area contributed by atoms with Crippen LogP contribution in [0.25, 0.3) is 22.6 Å².